The van der Waals surface area contributed by atoms with Gasteiger partial charge in [0.05, 0.1) is 0 Å². The lowest BCUT2D eigenvalue weighted by atomic mass is 9.86. The number of rotatable bonds is 1. The van der Waals surface area contributed by atoms with Crippen molar-refractivity contribution in [2.24, 2.45) is 0 Å². The third-order valence-corrected chi connectivity index (χ3v) is 4.01. The minimum atomic E-state index is -0.158. The van der Waals surface area contributed by atoms with E-state index in [1.165, 1.54) is 5.56 Å². The van der Waals surface area contributed by atoms with Gasteiger partial charge in [0.25, 0.3) is 0 Å². The molecule has 82 valence electrons. The van der Waals surface area contributed by atoms with Crippen LogP contribution in [0.25, 0.3) is 0 Å². The van der Waals surface area contributed by atoms with Gasteiger partial charge < -0.3 is 5.32 Å². The van der Waals surface area contributed by atoms with E-state index in [1.807, 2.05) is 12.1 Å². The molecule has 0 aliphatic carbocycles. The highest BCUT2D eigenvalue weighted by Gasteiger charge is 2.31. The van der Waals surface area contributed by atoms with Crippen LogP contribution in [0.4, 0.5) is 4.39 Å². The topological polar surface area (TPSA) is 12.0 Å². The summed E-state index contributed by atoms with van der Waals surface area (Å²) in [6.07, 6.45) is 2.18. The quantitative estimate of drug-likeness (QED) is 0.724. The largest absolute Gasteiger partial charge is 0.314 e. The Morgan fingerprint density at radius 1 is 1.40 bits per heavy atom. The van der Waals surface area contributed by atoms with Gasteiger partial charge in [0.1, 0.15) is 5.82 Å². The Kier molecular flexibility index (Phi) is 3.08. The number of nitrogens with one attached hydrogen (secondary N) is 1. The Morgan fingerprint density at radius 2 is 2.07 bits per heavy atom. The molecule has 1 aromatic rings. The van der Waals surface area contributed by atoms with Gasteiger partial charge in [0.2, 0.25) is 0 Å². The lowest BCUT2D eigenvalue weighted by molar-refractivity contribution is 0.352. The van der Waals surface area contributed by atoms with Gasteiger partial charge in [-0.15, -0.1) is 9.24 Å². The van der Waals surface area contributed by atoms with Gasteiger partial charge in [-0.3, -0.25) is 0 Å². The Balaban J connectivity index is 2.24. The lowest BCUT2D eigenvalue weighted by Gasteiger charge is -2.38. The first-order valence-electron chi connectivity index (χ1n) is 5.38. The second kappa shape index (κ2) is 4.19. The third-order valence-electron chi connectivity index (χ3n) is 3.15. The molecule has 1 heterocycles. The number of piperidine rings is 1. The van der Waals surface area contributed by atoms with Gasteiger partial charge in [-0.1, -0.05) is 12.1 Å². The summed E-state index contributed by atoms with van der Waals surface area (Å²) in [4.78, 5) is 0. The second-order valence-electron chi connectivity index (χ2n) is 4.47. The number of hydrogen-bond acceptors (Lipinski definition) is 1. The van der Waals surface area contributed by atoms with Crippen molar-refractivity contribution in [2.75, 3.05) is 6.54 Å². The average Bonchev–Trinajstić information content (AvgIpc) is 2.18. The predicted octanol–water partition coefficient (Wildman–Crippen LogP) is 2.67. The molecule has 1 aliphatic rings. The highest BCUT2D eigenvalue weighted by molar-refractivity contribution is 7.18. The summed E-state index contributed by atoms with van der Waals surface area (Å²) in [6.45, 7) is 3.23. The molecule has 0 spiro atoms. The molecule has 1 aromatic carbocycles. The van der Waals surface area contributed by atoms with Crippen LogP contribution in [0.5, 0.6) is 0 Å². The summed E-state index contributed by atoms with van der Waals surface area (Å²) in [5, 5.41) is 3.55. The highest BCUT2D eigenvalue weighted by Crippen LogP contribution is 2.41. The molecule has 15 heavy (non-hydrogen) atoms. The van der Waals surface area contributed by atoms with Crippen LogP contribution in [-0.2, 0) is 5.16 Å². The molecular weight excluding hydrogens is 208 g/mol. The van der Waals surface area contributed by atoms with E-state index in [2.05, 4.69) is 21.5 Å². The van der Waals surface area contributed by atoms with E-state index in [4.69, 9.17) is 0 Å². The molecule has 3 unspecified atom stereocenters. The Labute approximate surface area is 92.7 Å². The van der Waals surface area contributed by atoms with E-state index in [-0.39, 0.29) is 11.0 Å². The fourth-order valence-electron chi connectivity index (χ4n) is 2.31. The van der Waals surface area contributed by atoms with E-state index in [0.717, 1.165) is 19.4 Å². The van der Waals surface area contributed by atoms with Gasteiger partial charge >= 0.3 is 0 Å². The molecule has 0 radical (unpaired) electrons. The van der Waals surface area contributed by atoms with E-state index in [9.17, 15) is 4.39 Å². The molecule has 0 saturated carbocycles. The normalized spacial score (nSPS) is 31.5. The molecule has 1 aliphatic heterocycles. The summed E-state index contributed by atoms with van der Waals surface area (Å²) < 4.78 is 12.8. The van der Waals surface area contributed by atoms with Crippen molar-refractivity contribution < 1.29 is 4.39 Å². The van der Waals surface area contributed by atoms with E-state index >= 15 is 0 Å². The molecule has 3 atom stereocenters. The van der Waals surface area contributed by atoms with Crippen LogP contribution in [-0.4, -0.2) is 12.6 Å². The summed E-state index contributed by atoms with van der Waals surface area (Å²) in [6, 6.07) is 7.43. The van der Waals surface area contributed by atoms with Crippen molar-refractivity contribution in [3.63, 3.8) is 0 Å². The maximum atomic E-state index is 12.8. The fourth-order valence-corrected chi connectivity index (χ4v) is 3.00. The Bertz CT molecular complexity index is 338. The number of halogens is 1. The average molecular weight is 225 g/mol. The summed E-state index contributed by atoms with van der Waals surface area (Å²) in [7, 11) is 2.96. The van der Waals surface area contributed by atoms with Crippen molar-refractivity contribution >= 4 is 9.24 Å². The zero-order valence-electron chi connectivity index (χ0n) is 8.96. The van der Waals surface area contributed by atoms with Crippen LogP contribution in [0.1, 0.15) is 25.3 Å². The van der Waals surface area contributed by atoms with Crippen molar-refractivity contribution in [2.45, 2.75) is 31.0 Å². The maximum absolute atomic E-state index is 12.8. The molecule has 2 rings (SSSR count). The van der Waals surface area contributed by atoms with Crippen molar-refractivity contribution in [1.29, 1.82) is 0 Å². The SMILES string of the molecule is CC1CC(P)(c2ccc(F)cc2)CCN1. The Morgan fingerprint density at radius 3 is 2.67 bits per heavy atom. The van der Waals surface area contributed by atoms with Crippen LogP contribution in [0, 0.1) is 5.82 Å². The van der Waals surface area contributed by atoms with Crippen LogP contribution in [0.3, 0.4) is 0 Å². The maximum Gasteiger partial charge on any atom is 0.123 e. The lowest BCUT2D eigenvalue weighted by Crippen LogP contribution is -2.41. The smallest absolute Gasteiger partial charge is 0.123 e. The third kappa shape index (κ3) is 2.38. The number of benzene rings is 1. The van der Waals surface area contributed by atoms with Gasteiger partial charge in [-0.2, -0.15) is 0 Å². The summed E-state index contributed by atoms with van der Waals surface area (Å²) >= 11 is 0. The van der Waals surface area contributed by atoms with Crippen molar-refractivity contribution in [3.8, 4) is 0 Å². The standard InChI is InChI=1S/C12H17FNP/c1-9-8-12(15,6-7-14-9)10-2-4-11(13)5-3-10/h2-5,9,14H,6-8,15H2,1H3. The second-order valence-corrected chi connectivity index (χ2v) is 5.58. The highest BCUT2D eigenvalue weighted by atomic mass is 31.0. The molecular formula is C12H17FNP. The summed E-state index contributed by atoms with van der Waals surface area (Å²) in [5.74, 6) is -0.158. The van der Waals surface area contributed by atoms with Gasteiger partial charge in [0.15, 0.2) is 0 Å². The predicted molar refractivity (Wildman–Crippen MR) is 64.5 cm³/mol. The minimum absolute atomic E-state index is 0.123. The molecule has 0 aromatic heterocycles. The van der Waals surface area contributed by atoms with E-state index < -0.39 is 0 Å². The molecule has 0 bridgehead atoms. The molecule has 0 amide bonds. The van der Waals surface area contributed by atoms with Crippen LogP contribution in [0.15, 0.2) is 24.3 Å². The zero-order chi connectivity index (χ0) is 10.9. The fraction of sp³-hybridized carbons (Fsp3) is 0.500. The first-order valence-corrected chi connectivity index (χ1v) is 5.96. The first kappa shape index (κ1) is 11.0. The van der Waals surface area contributed by atoms with Gasteiger partial charge in [0, 0.05) is 11.2 Å². The zero-order valence-corrected chi connectivity index (χ0v) is 10.1. The summed E-state index contributed by atoms with van der Waals surface area (Å²) in [5.41, 5.74) is 1.22. The van der Waals surface area contributed by atoms with Crippen LogP contribution < -0.4 is 5.32 Å². The molecule has 1 N–H and O–H groups in total. The van der Waals surface area contributed by atoms with Crippen LogP contribution in [0.2, 0.25) is 0 Å². The first-order chi connectivity index (χ1) is 7.10. The van der Waals surface area contributed by atoms with Gasteiger partial charge in [-0.25, -0.2) is 4.39 Å². The number of hydrogen-bond donors (Lipinski definition) is 1. The molecule has 1 saturated heterocycles. The van der Waals surface area contributed by atoms with Crippen molar-refractivity contribution in [3.05, 3.63) is 35.6 Å². The molecule has 3 heteroatoms. The van der Waals surface area contributed by atoms with E-state index in [0.29, 0.717) is 6.04 Å². The minimum Gasteiger partial charge on any atom is -0.314 e. The monoisotopic (exact) mass is 225 g/mol. The van der Waals surface area contributed by atoms with Crippen molar-refractivity contribution in [1.82, 2.24) is 5.32 Å². The Hall–Kier alpha value is -0.460. The van der Waals surface area contributed by atoms with Gasteiger partial charge in [-0.05, 0) is 44.0 Å². The van der Waals surface area contributed by atoms with Crippen LogP contribution >= 0.6 is 9.24 Å². The van der Waals surface area contributed by atoms with E-state index in [1.54, 1.807) is 12.1 Å². The molecule has 1 nitrogen and oxygen atoms in total. The molecule has 1 fully saturated rings.